The van der Waals surface area contributed by atoms with Crippen LogP contribution in [0.3, 0.4) is 0 Å². The number of anilines is 2. The second-order valence-electron chi connectivity index (χ2n) is 4.33. The number of nitrogen functional groups attached to an aromatic ring is 1. The van der Waals surface area contributed by atoms with Gasteiger partial charge in [0.15, 0.2) is 11.6 Å². The molecule has 0 fully saturated rings. The van der Waals surface area contributed by atoms with Crippen molar-refractivity contribution in [1.29, 1.82) is 0 Å². The zero-order chi connectivity index (χ0) is 14.6. The molecule has 0 spiro atoms. The van der Waals surface area contributed by atoms with Gasteiger partial charge in [-0.05, 0) is 13.8 Å². The van der Waals surface area contributed by atoms with Crippen molar-refractivity contribution in [2.24, 2.45) is 0 Å². The topological polar surface area (TPSA) is 47.3 Å². The van der Waals surface area contributed by atoms with Gasteiger partial charge in [-0.25, -0.2) is 4.39 Å². The van der Waals surface area contributed by atoms with Gasteiger partial charge in [0, 0.05) is 18.7 Å². The first-order valence-corrected chi connectivity index (χ1v) is 5.75. The average molecular weight is 280 g/mol. The lowest BCUT2D eigenvalue weighted by atomic mass is 10.2. The van der Waals surface area contributed by atoms with E-state index in [9.17, 15) is 17.6 Å². The summed E-state index contributed by atoms with van der Waals surface area (Å²) in [6.07, 6.45) is -5.50. The average Bonchev–Trinajstić information content (AvgIpc) is 2.22. The largest absolute Gasteiger partial charge is 0.488 e. The van der Waals surface area contributed by atoms with E-state index in [2.05, 4.69) is 5.32 Å². The molecule has 1 aromatic carbocycles. The van der Waals surface area contributed by atoms with Gasteiger partial charge in [-0.15, -0.1) is 0 Å². The van der Waals surface area contributed by atoms with E-state index in [1.165, 1.54) is 6.07 Å². The van der Waals surface area contributed by atoms with Gasteiger partial charge in [0.25, 0.3) is 0 Å². The molecule has 0 heterocycles. The van der Waals surface area contributed by atoms with E-state index in [0.29, 0.717) is 0 Å². The molecule has 7 heteroatoms. The van der Waals surface area contributed by atoms with E-state index in [1.54, 1.807) is 13.8 Å². The highest BCUT2D eigenvalue weighted by Crippen LogP contribution is 2.29. The fourth-order valence-electron chi connectivity index (χ4n) is 1.41. The molecule has 0 saturated carbocycles. The summed E-state index contributed by atoms with van der Waals surface area (Å²) in [5.41, 5.74) is 5.79. The minimum atomic E-state index is -4.25. The summed E-state index contributed by atoms with van der Waals surface area (Å²) < 4.78 is 54.7. The molecule has 108 valence electrons. The molecule has 19 heavy (non-hydrogen) atoms. The fourth-order valence-corrected chi connectivity index (χ4v) is 1.41. The predicted octanol–water partition coefficient (Wildman–Crippen LogP) is 3.56. The number of ether oxygens (including phenoxy) is 1. The Labute approximate surface area is 108 Å². The van der Waals surface area contributed by atoms with E-state index >= 15 is 0 Å². The van der Waals surface area contributed by atoms with Crippen molar-refractivity contribution in [3.8, 4) is 5.75 Å². The number of halogens is 4. The Balaban J connectivity index is 2.77. The van der Waals surface area contributed by atoms with Crippen LogP contribution in [0.5, 0.6) is 5.75 Å². The lowest BCUT2D eigenvalue weighted by molar-refractivity contribution is -0.131. The lowest BCUT2D eigenvalue weighted by Crippen LogP contribution is -2.15. The highest BCUT2D eigenvalue weighted by Gasteiger charge is 2.26. The minimum Gasteiger partial charge on any atom is -0.488 e. The van der Waals surface area contributed by atoms with Gasteiger partial charge in [-0.3, -0.25) is 0 Å². The van der Waals surface area contributed by atoms with Gasteiger partial charge in [0.05, 0.1) is 23.9 Å². The SMILES string of the molecule is CC(C)Oc1cc(NCCC(F)(F)F)c(N)cc1F. The Bertz CT molecular complexity index is 432. The standard InChI is InChI=1S/C12H16F4N2O/c1-7(2)19-11-6-10(9(17)5-8(11)13)18-4-3-12(14,15)16/h5-7,18H,3-4,17H2,1-2H3. The summed E-state index contributed by atoms with van der Waals surface area (Å²) in [5, 5.41) is 2.52. The Morgan fingerprint density at radius 1 is 1.32 bits per heavy atom. The highest BCUT2D eigenvalue weighted by molar-refractivity contribution is 5.68. The van der Waals surface area contributed by atoms with E-state index < -0.39 is 18.4 Å². The summed E-state index contributed by atoms with van der Waals surface area (Å²) in [5.74, 6) is -0.689. The second-order valence-corrected chi connectivity index (χ2v) is 4.33. The van der Waals surface area contributed by atoms with E-state index in [1.807, 2.05) is 0 Å². The van der Waals surface area contributed by atoms with Crippen LogP contribution < -0.4 is 15.8 Å². The Morgan fingerprint density at radius 3 is 2.47 bits per heavy atom. The Hall–Kier alpha value is -1.66. The summed E-state index contributed by atoms with van der Waals surface area (Å²) in [6.45, 7) is 3.10. The number of nitrogens with two attached hydrogens (primary N) is 1. The van der Waals surface area contributed by atoms with Crippen molar-refractivity contribution in [3.63, 3.8) is 0 Å². The first-order valence-electron chi connectivity index (χ1n) is 5.75. The molecule has 0 bridgehead atoms. The third-order valence-electron chi connectivity index (χ3n) is 2.19. The van der Waals surface area contributed by atoms with Crippen LogP contribution in [0.2, 0.25) is 0 Å². The molecule has 0 radical (unpaired) electrons. The first-order chi connectivity index (χ1) is 8.69. The number of nitrogens with one attached hydrogen (secondary N) is 1. The van der Waals surface area contributed by atoms with Gasteiger partial charge in [0.1, 0.15) is 0 Å². The number of hydrogen-bond acceptors (Lipinski definition) is 3. The molecule has 0 saturated heterocycles. The monoisotopic (exact) mass is 280 g/mol. The van der Waals surface area contributed by atoms with E-state index in [-0.39, 0.29) is 29.8 Å². The molecule has 3 N–H and O–H groups in total. The number of rotatable bonds is 5. The quantitative estimate of drug-likeness (QED) is 0.640. The molecule has 0 aliphatic rings. The van der Waals surface area contributed by atoms with Crippen molar-refractivity contribution < 1.29 is 22.3 Å². The molecular formula is C12H16F4N2O. The zero-order valence-corrected chi connectivity index (χ0v) is 10.6. The third kappa shape index (κ3) is 5.23. The number of alkyl halides is 3. The molecule has 0 aliphatic carbocycles. The maximum absolute atomic E-state index is 13.5. The maximum atomic E-state index is 13.5. The summed E-state index contributed by atoms with van der Waals surface area (Å²) in [4.78, 5) is 0. The molecule has 0 aromatic heterocycles. The summed E-state index contributed by atoms with van der Waals surface area (Å²) in [7, 11) is 0. The van der Waals surface area contributed by atoms with Crippen LogP contribution in [-0.2, 0) is 0 Å². The van der Waals surface area contributed by atoms with E-state index in [4.69, 9.17) is 10.5 Å². The van der Waals surface area contributed by atoms with Crippen LogP contribution in [0.15, 0.2) is 12.1 Å². The van der Waals surface area contributed by atoms with Crippen LogP contribution >= 0.6 is 0 Å². The van der Waals surface area contributed by atoms with Crippen molar-refractivity contribution >= 4 is 11.4 Å². The van der Waals surface area contributed by atoms with Crippen LogP contribution in [0.1, 0.15) is 20.3 Å². The Kier molecular flexibility index (Phi) is 4.85. The van der Waals surface area contributed by atoms with Crippen LogP contribution in [0.4, 0.5) is 28.9 Å². The molecule has 1 rings (SSSR count). The van der Waals surface area contributed by atoms with Crippen LogP contribution in [0, 0.1) is 5.82 Å². The first kappa shape index (κ1) is 15.4. The van der Waals surface area contributed by atoms with Gasteiger partial charge in [-0.1, -0.05) is 0 Å². The molecule has 1 aromatic rings. The molecule has 3 nitrogen and oxygen atoms in total. The molecule has 0 amide bonds. The van der Waals surface area contributed by atoms with Gasteiger partial charge >= 0.3 is 6.18 Å². The van der Waals surface area contributed by atoms with Crippen molar-refractivity contribution in [3.05, 3.63) is 17.9 Å². The Morgan fingerprint density at radius 2 is 1.95 bits per heavy atom. The van der Waals surface area contributed by atoms with Gasteiger partial charge in [-0.2, -0.15) is 13.2 Å². The molecular weight excluding hydrogens is 264 g/mol. The molecule has 0 aliphatic heterocycles. The smallest absolute Gasteiger partial charge is 0.390 e. The third-order valence-corrected chi connectivity index (χ3v) is 2.19. The van der Waals surface area contributed by atoms with Crippen LogP contribution in [-0.4, -0.2) is 18.8 Å². The lowest BCUT2D eigenvalue weighted by Gasteiger charge is -2.15. The minimum absolute atomic E-state index is 0.0378. The molecule has 0 unspecified atom stereocenters. The summed E-state index contributed by atoms with van der Waals surface area (Å²) >= 11 is 0. The molecule has 0 atom stereocenters. The fraction of sp³-hybridized carbons (Fsp3) is 0.500. The van der Waals surface area contributed by atoms with Crippen LogP contribution in [0.25, 0.3) is 0 Å². The van der Waals surface area contributed by atoms with Crippen molar-refractivity contribution in [2.75, 3.05) is 17.6 Å². The number of benzene rings is 1. The predicted molar refractivity (Wildman–Crippen MR) is 65.7 cm³/mol. The number of hydrogen-bond donors (Lipinski definition) is 2. The summed E-state index contributed by atoms with van der Waals surface area (Å²) in [6, 6.07) is 2.29. The van der Waals surface area contributed by atoms with Gasteiger partial charge < -0.3 is 15.8 Å². The van der Waals surface area contributed by atoms with Crippen molar-refractivity contribution in [2.45, 2.75) is 32.5 Å². The normalized spacial score (nSPS) is 11.7. The maximum Gasteiger partial charge on any atom is 0.390 e. The van der Waals surface area contributed by atoms with Gasteiger partial charge in [0.2, 0.25) is 0 Å². The zero-order valence-electron chi connectivity index (χ0n) is 10.6. The highest BCUT2D eigenvalue weighted by atomic mass is 19.4. The van der Waals surface area contributed by atoms with E-state index in [0.717, 1.165) is 6.07 Å². The second kappa shape index (κ2) is 5.99. The van der Waals surface area contributed by atoms with Crippen molar-refractivity contribution in [1.82, 2.24) is 0 Å².